The molecule has 1 aliphatic rings. The molecular formula is C12H10F2N2O3. The van der Waals surface area contributed by atoms with Crippen LogP contribution < -0.4 is 5.32 Å². The number of hydrogen-bond donors (Lipinski definition) is 2. The summed E-state index contributed by atoms with van der Waals surface area (Å²) in [5.41, 5.74) is -0.402. The molecule has 5 nitrogen and oxygen atoms in total. The van der Waals surface area contributed by atoms with Crippen LogP contribution >= 0.6 is 0 Å². The number of rotatable bonds is 4. The number of anilines is 1. The SMILES string of the molecule is O=C1C=C(Nc2cc(F)ccc2F)C(=O)N1CCO. The molecule has 0 radical (unpaired) electrons. The van der Waals surface area contributed by atoms with Gasteiger partial charge >= 0.3 is 0 Å². The van der Waals surface area contributed by atoms with Crippen molar-refractivity contribution in [2.24, 2.45) is 0 Å². The summed E-state index contributed by atoms with van der Waals surface area (Å²) in [5.74, 6) is -2.72. The molecule has 0 saturated carbocycles. The average Bonchev–Trinajstić information content (AvgIpc) is 2.62. The van der Waals surface area contributed by atoms with Gasteiger partial charge in [0.2, 0.25) is 0 Å². The molecule has 0 aliphatic carbocycles. The molecule has 2 amide bonds. The highest BCUT2D eigenvalue weighted by atomic mass is 19.1. The van der Waals surface area contributed by atoms with Crippen LogP contribution in [0.15, 0.2) is 30.0 Å². The minimum absolute atomic E-state index is 0.148. The highest BCUT2D eigenvalue weighted by Gasteiger charge is 2.30. The zero-order chi connectivity index (χ0) is 14.0. The van der Waals surface area contributed by atoms with E-state index in [-0.39, 0.29) is 24.5 Å². The Morgan fingerprint density at radius 3 is 2.68 bits per heavy atom. The van der Waals surface area contributed by atoms with Crippen molar-refractivity contribution in [1.82, 2.24) is 4.90 Å². The first-order valence-corrected chi connectivity index (χ1v) is 5.43. The quantitative estimate of drug-likeness (QED) is 0.785. The number of carbonyl (C=O) groups is 2. The smallest absolute Gasteiger partial charge is 0.277 e. The first-order valence-electron chi connectivity index (χ1n) is 5.43. The second-order valence-corrected chi connectivity index (χ2v) is 3.83. The zero-order valence-corrected chi connectivity index (χ0v) is 9.69. The van der Waals surface area contributed by atoms with E-state index in [0.717, 1.165) is 29.2 Å². The third-order valence-electron chi connectivity index (χ3n) is 2.53. The summed E-state index contributed by atoms with van der Waals surface area (Å²) in [7, 11) is 0. The van der Waals surface area contributed by atoms with Crippen molar-refractivity contribution in [3.05, 3.63) is 41.6 Å². The number of aliphatic hydroxyl groups is 1. The lowest BCUT2D eigenvalue weighted by Gasteiger charge is -2.13. The molecule has 2 rings (SSSR count). The summed E-state index contributed by atoms with van der Waals surface area (Å²) in [6.07, 6.45) is 0.975. The molecule has 1 aromatic carbocycles. The topological polar surface area (TPSA) is 69.6 Å². The number of carbonyl (C=O) groups excluding carboxylic acids is 2. The largest absolute Gasteiger partial charge is 0.395 e. The van der Waals surface area contributed by atoms with Crippen LogP contribution in [0.4, 0.5) is 14.5 Å². The fourth-order valence-corrected chi connectivity index (χ4v) is 1.65. The number of amides is 2. The fourth-order valence-electron chi connectivity index (χ4n) is 1.65. The normalized spacial score (nSPS) is 14.9. The average molecular weight is 268 g/mol. The molecule has 7 heteroatoms. The molecule has 100 valence electrons. The van der Waals surface area contributed by atoms with E-state index in [1.807, 2.05) is 0 Å². The third kappa shape index (κ3) is 2.60. The lowest BCUT2D eigenvalue weighted by Crippen LogP contribution is -2.34. The van der Waals surface area contributed by atoms with E-state index < -0.39 is 23.4 Å². The van der Waals surface area contributed by atoms with Crippen LogP contribution in [-0.4, -0.2) is 35.0 Å². The van der Waals surface area contributed by atoms with Crippen molar-refractivity contribution in [3.63, 3.8) is 0 Å². The predicted molar refractivity (Wildman–Crippen MR) is 61.9 cm³/mol. The second-order valence-electron chi connectivity index (χ2n) is 3.83. The van der Waals surface area contributed by atoms with Gasteiger partial charge in [0, 0.05) is 12.1 Å². The number of β-amino-alcohol motifs (C(OH)–C–C–N with tert-alkyl or cyclic N) is 1. The second kappa shape index (κ2) is 5.15. The zero-order valence-electron chi connectivity index (χ0n) is 9.69. The Balaban J connectivity index is 2.20. The lowest BCUT2D eigenvalue weighted by atomic mass is 10.2. The van der Waals surface area contributed by atoms with Crippen LogP contribution in [0.1, 0.15) is 0 Å². The monoisotopic (exact) mass is 268 g/mol. The van der Waals surface area contributed by atoms with Gasteiger partial charge in [0.1, 0.15) is 17.3 Å². The number of hydrogen-bond acceptors (Lipinski definition) is 4. The van der Waals surface area contributed by atoms with Gasteiger partial charge in [-0.1, -0.05) is 0 Å². The highest BCUT2D eigenvalue weighted by molar-refractivity contribution is 6.17. The van der Waals surface area contributed by atoms with E-state index in [1.165, 1.54) is 0 Å². The van der Waals surface area contributed by atoms with E-state index in [1.54, 1.807) is 0 Å². The number of nitrogens with zero attached hydrogens (tertiary/aromatic N) is 1. The summed E-state index contributed by atoms with van der Waals surface area (Å²) in [6.45, 7) is -0.516. The minimum Gasteiger partial charge on any atom is -0.395 e. The Bertz CT molecular complexity index is 572. The molecule has 0 bridgehead atoms. The molecule has 1 heterocycles. The Morgan fingerprint density at radius 2 is 2.00 bits per heavy atom. The Kier molecular flexibility index (Phi) is 3.57. The summed E-state index contributed by atoms with van der Waals surface area (Å²) < 4.78 is 26.4. The molecule has 1 aromatic rings. The first-order chi connectivity index (χ1) is 9.02. The standard InChI is InChI=1S/C12H10F2N2O3/c13-7-1-2-8(14)9(5-7)15-10-6-11(18)16(3-4-17)12(10)19/h1-2,5-6,15,17H,3-4H2. The van der Waals surface area contributed by atoms with Crippen molar-refractivity contribution in [2.75, 3.05) is 18.5 Å². The van der Waals surface area contributed by atoms with Crippen molar-refractivity contribution < 1.29 is 23.5 Å². The number of nitrogens with one attached hydrogen (secondary N) is 1. The van der Waals surface area contributed by atoms with Gasteiger partial charge in [-0.05, 0) is 12.1 Å². The number of benzene rings is 1. The maximum absolute atomic E-state index is 13.4. The lowest BCUT2D eigenvalue weighted by molar-refractivity contribution is -0.137. The summed E-state index contributed by atoms with van der Waals surface area (Å²) in [4.78, 5) is 24.0. The predicted octanol–water partition coefficient (Wildman–Crippen LogP) is 0.622. The molecule has 0 fully saturated rings. The van der Waals surface area contributed by atoms with Crippen molar-refractivity contribution in [2.45, 2.75) is 0 Å². The Hall–Kier alpha value is -2.28. The van der Waals surface area contributed by atoms with Crippen molar-refractivity contribution in [1.29, 1.82) is 0 Å². The first kappa shape index (κ1) is 13.2. The number of aliphatic hydroxyl groups excluding tert-OH is 1. The summed E-state index contributed by atoms with van der Waals surface area (Å²) in [5, 5.41) is 11.1. The third-order valence-corrected chi connectivity index (χ3v) is 2.53. The maximum atomic E-state index is 13.4. The van der Waals surface area contributed by atoms with Crippen LogP contribution in [0.3, 0.4) is 0 Å². The Morgan fingerprint density at radius 1 is 1.26 bits per heavy atom. The van der Waals surface area contributed by atoms with Gasteiger partial charge < -0.3 is 10.4 Å². The molecule has 0 unspecified atom stereocenters. The van der Waals surface area contributed by atoms with Crippen molar-refractivity contribution in [3.8, 4) is 0 Å². The fraction of sp³-hybridized carbons (Fsp3) is 0.167. The van der Waals surface area contributed by atoms with E-state index in [4.69, 9.17) is 5.11 Å². The number of halogens is 2. The van der Waals surface area contributed by atoms with Crippen LogP contribution in [0.5, 0.6) is 0 Å². The van der Waals surface area contributed by atoms with E-state index in [9.17, 15) is 18.4 Å². The van der Waals surface area contributed by atoms with Crippen LogP contribution in [0, 0.1) is 11.6 Å². The maximum Gasteiger partial charge on any atom is 0.277 e. The molecule has 0 saturated heterocycles. The van der Waals surface area contributed by atoms with Gasteiger partial charge in [0.15, 0.2) is 0 Å². The molecule has 2 N–H and O–H groups in total. The summed E-state index contributed by atoms with van der Waals surface area (Å²) >= 11 is 0. The van der Waals surface area contributed by atoms with Gasteiger partial charge in [0.05, 0.1) is 18.8 Å². The molecular weight excluding hydrogens is 258 g/mol. The van der Waals surface area contributed by atoms with Crippen LogP contribution in [0.2, 0.25) is 0 Å². The number of imide groups is 1. The molecule has 1 aliphatic heterocycles. The van der Waals surface area contributed by atoms with Crippen LogP contribution in [-0.2, 0) is 9.59 Å². The highest BCUT2D eigenvalue weighted by Crippen LogP contribution is 2.20. The van der Waals surface area contributed by atoms with E-state index in [0.29, 0.717) is 0 Å². The molecule has 19 heavy (non-hydrogen) atoms. The molecule has 0 atom stereocenters. The minimum atomic E-state index is -0.747. The van der Waals surface area contributed by atoms with Gasteiger partial charge in [-0.15, -0.1) is 0 Å². The molecule has 0 aromatic heterocycles. The van der Waals surface area contributed by atoms with Crippen molar-refractivity contribution >= 4 is 17.5 Å². The Labute approximate surface area is 107 Å². The molecule has 0 spiro atoms. The van der Waals surface area contributed by atoms with Gasteiger partial charge in [-0.2, -0.15) is 0 Å². The van der Waals surface area contributed by atoms with Gasteiger partial charge in [-0.25, -0.2) is 8.78 Å². The van der Waals surface area contributed by atoms with Gasteiger partial charge in [0.25, 0.3) is 11.8 Å². The summed E-state index contributed by atoms with van der Waals surface area (Å²) in [6, 6.07) is 2.72. The van der Waals surface area contributed by atoms with Gasteiger partial charge in [-0.3, -0.25) is 14.5 Å². The van der Waals surface area contributed by atoms with E-state index >= 15 is 0 Å². The van der Waals surface area contributed by atoms with Crippen LogP contribution in [0.25, 0.3) is 0 Å². The van der Waals surface area contributed by atoms with E-state index in [2.05, 4.69) is 5.32 Å².